The number of pyridine rings is 1. The first-order valence-electron chi connectivity index (χ1n) is 10.5. The van der Waals surface area contributed by atoms with Crippen LogP contribution in [0.3, 0.4) is 0 Å². The van der Waals surface area contributed by atoms with Gasteiger partial charge in [-0.25, -0.2) is 0 Å². The monoisotopic (exact) mass is 423 g/mol. The van der Waals surface area contributed by atoms with Crippen LogP contribution in [0.2, 0.25) is 0 Å². The fraction of sp³-hybridized carbons (Fsp3) is 0.391. The molecule has 0 aliphatic rings. The fourth-order valence-electron chi connectivity index (χ4n) is 3.26. The lowest BCUT2D eigenvalue weighted by molar-refractivity contribution is -0.119. The highest BCUT2D eigenvalue weighted by Gasteiger charge is 2.17. The van der Waals surface area contributed by atoms with Gasteiger partial charge in [0.05, 0.1) is 5.75 Å². The Kier molecular flexibility index (Phi) is 8.44. The number of nitrogens with zero attached hydrogens (tertiary/aromatic N) is 4. The van der Waals surface area contributed by atoms with Gasteiger partial charge in [0.25, 0.3) is 0 Å². The van der Waals surface area contributed by atoms with Crippen molar-refractivity contribution in [2.24, 2.45) is 0 Å². The van der Waals surface area contributed by atoms with E-state index in [-0.39, 0.29) is 11.9 Å². The SMILES string of the molecule is CCCCCC[C@@H](C)NC(=O)CSc1nnc(-c2ccncc2)n1-c1ccccc1. The summed E-state index contributed by atoms with van der Waals surface area (Å²) in [6.45, 7) is 4.28. The quantitative estimate of drug-likeness (QED) is 0.351. The maximum absolute atomic E-state index is 12.4. The molecule has 7 heteroatoms. The summed E-state index contributed by atoms with van der Waals surface area (Å²) in [4.78, 5) is 16.5. The normalized spacial score (nSPS) is 11.9. The van der Waals surface area contributed by atoms with E-state index < -0.39 is 0 Å². The first kappa shape index (κ1) is 22.0. The molecule has 0 saturated carbocycles. The molecule has 1 aromatic carbocycles. The van der Waals surface area contributed by atoms with Crippen LogP contribution < -0.4 is 5.32 Å². The molecule has 6 nitrogen and oxygen atoms in total. The molecule has 1 amide bonds. The van der Waals surface area contributed by atoms with E-state index in [2.05, 4.69) is 34.3 Å². The van der Waals surface area contributed by atoms with Gasteiger partial charge in [-0.1, -0.05) is 62.6 Å². The van der Waals surface area contributed by atoms with E-state index in [1.165, 1.54) is 31.0 Å². The van der Waals surface area contributed by atoms with E-state index in [9.17, 15) is 4.79 Å². The molecule has 0 aliphatic heterocycles. The van der Waals surface area contributed by atoms with Gasteiger partial charge in [-0.2, -0.15) is 0 Å². The number of benzene rings is 1. The predicted octanol–water partition coefficient (Wildman–Crippen LogP) is 4.90. The summed E-state index contributed by atoms with van der Waals surface area (Å²) in [5.41, 5.74) is 1.89. The molecular formula is C23H29N5OS. The lowest BCUT2D eigenvalue weighted by Crippen LogP contribution is -2.33. The zero-order chi connectivity index (χ0) is 21.2. The molecule has 0 unspecified atom stereocenters. The van der Waals surface area contributed by atoms with Gasteiger partial charge in [0, 0.05) is 29.7 Å². The number of hydrogen-bond acceptors (Lipinski definition) is 5. The number of amides is 1. The second-order valence-electron chi connectivity index (χ2n) is 7.32. The smallest absolute Gasteiger partial charge is 0.230 e. The molecule has 2 aromatic heterocycles. The Bertz CT molecular complexity index is 914. The molecule has 0 fully saturated rings. The third-order valence-electron chi connectivity index (χ3n) is 4.82. The summed E-state index contributed by atoms with van der Waals surface area (Å²) < 4.78 is 1.99. The van der Waals surface area contributed by atoms with Crippen molar-refractivity contribution in [1.29, 1.82) is 0 Å². The Labute approximate surface area is 182 Å². The molecule has 3 rings (SSSR count). The zero-order valence-corrected chi connectivity index (χ0v) is 18.4. The molecule has 0 radical (unpaired) electrons. The van der Waals surface area contributed by atoms with Crippen molar-refractivity contribution in [2.75, 3.05) is 5.75 Å². The van der Waals surface area contributed by atoms with Crippen molar-refractivity contribution in [3.05, 3.63) is 54.9 Å². The summed E-state index contributed by atoms with van der Waals surface area (Å²) in [7, 11) is 0. The number of rotatable bonds is 11. The molecule has 3 aromatic rings. The summed E-state index contributed by atoms with van der Waals surface area (Å²) in [5, 5.41) is 12.6. The number of aromatic nitrogens is 4. The van der Waals surface area contributed by atoms with E-state index in [1.54, 1.807) is 12.4 Å². The minimum atomic E-state index is 0.0241. The van der Waals surface area contributed by atoms with Gasteiger partial charge in [0.2, 0.25) is 5.91 Å². The molecule has 0 bridgehead atoms. The Morgan fingerprint density at radius 3 is 2.57 bits per heavy atom. The summed E-state index contributed by atoms with van der Waals surface area (Å²) >= 11 is 1.40. The molecule has 158 valence electrons. The summed E-state index contributed by atoms with van der Waals surface area (Å²) in [5.74, 6) is 1.06. The molecular weight excluding hydrogens is 394 g/mol. The lowest BCUT2D eigenvalue weighted by atomic mass is 10.1. The van der Waals surface area contributed by atoms with Crippen molar-refractivity contribution in [3.63, 3.8) is 0 Å². The first-order chi connectivity index (χ1) is 14.7. The summed E-state index contributed by atoms with van der Waals surface area (Å²) in [6, 6.07) is 14.0. The van der Waals surface area contributed by atoms with Gasteiger partial charge in [0.15, 0.2) is 11.0 Å². The third kappa shape index (κ3) is 6.16. The maximum Gasteiger partial charge on any atom is 0.230 e. The maximum atomic E-state index is 12.4. The number of carbonyl (C=O) groups is 1. The van der Waals surface area contributed by atoms with Crippen LogP contribution >= 0.6 is 11.8 Å². The van der Waals surface area contributed by atoms with E-state index in [0.717, 1.165) is 29.9 Å². The lowest BCUT2D eigenvalue weighted by Gasteiger charge is -2.14. The van der Waals surface area contributed by atoms with Crippen LogP contribution in [0.25, 0.3) is 17.1 Å². The minimum absolute atomic E-state index is 0.0241. The fourth-order valence-corrected chi connectivity index (χ4v) is 4.02. The molecule has 2 heterocycles. The van der Waals surface area contributed by atoms with Gasteiger partial charge < -0.3 is 5.32 Å². The third-order valence-corrected chi connectivity index (χ3v) is 5.75. The van der Waals surface area contributed by atoms with E-state index in [4.69, 9.17) is 0 Å². The number of unbranched alkanes of at least 4 members (excludes halogenated alkanes) is 3. The molecule has 1 atom stereocenters. The van der Waals surface area contributed by atoms with Gasteiger partial charge in [-0.15, -0.1) is 10.2 Å². The Morgan fingerprint density at radius 1 is 1.07 bits per heavy atom. The van der Waals surface area contributed by atoms with Gasteiger partial charge in [0.1, 0.15) is 0 Å². The van der Waals surface area contributed by atoms with Crippen LogP contribution in [0, 0.1) is 0 Å². The zero-order valence-electron chi connectivity index (χ0n) is 17.6. The van der Waals surface area contributed by atoms with Crippen LogP contribution in [0.4, 0.5) is 0 Å². The Morgan fingerprint density at radius 2 is 1.83 bits per heavy atom. The van der Waals surface area contributed by atoms with Gasteiger partial charge >= 0.3 is 0 Å². The Hall–Kier alpha value is -2.67. The van der Waals surface area contributed by atoms with Gasteiger partial charge in [-0.05, 0) is 37.6 Å². The highest BCUT2D eigenvalue weighted by atomic mass is 32.2. The van der Waals surface area contributed by atoms with Crippen LogP contribution in [0.1, 0.15) is 46.0 Å². The van der Waals surface area contributed by atoms with Gasteiger partial charge in [-0.3, -0.25) is 14.3 Å². The number of nitrogens with one attached hydrogen (secondary N) is 1. The van der Waals surface area contributed by atoms with Crippen molar-refractivity contribution in [1.82, 2.24) is 25.1 Å². The Balaban J connectivity index is 1.68. The standard InChI is InChI=1S/C23H29N5OS/c1-3-4-5-7-10-18(2)25-21(29)17-30-23-27-26-22(19-13-15-24-16-14-19)28(23)20-11-8-6-9-12-20/h6,8-9,11-16,18H,3-5,7,10,17H2,1-2H3,(H,25,29)/t18-/m1/s1. The van der Waals surface area contributed by atoms with E-state index in [0.29, 0.717) is 10.9 Å². The topological polar surface area (TPSA) is 72.7 Å². The number of hydrogen-bond donors (Lipinski definition) is 1. The van der Waals surface area contributed by atoms with Crippen LogP contribution in [-0.4, -0.2) is 37.5 Å². The largest absolute Gasteiger partial charge is 0.353 e. The van der Waals surface area contributed by atoms with Crippen LogP contribution in [0.15, 0.2) is 60.0 Å². The molecule has 30 heavy (non-hydrogen) atoms. The molecule has 0 saturated heterocycles. The van der Waals surface area contributed by atoms with E-state index in [1.807, 2.05) is 47.0 Å². The minimum Gasteiger partial charge on any atom is -0.353 e. The highest BCUT2D eigenvalue weighted by molar-refractivity contribution is 7.99. The second-order valence-corrected chi connectivity index (χ2v) is 8.26. The number of thioether (sulfide) groups is 1. The number of para-hydroxylation sites is 1. The summed E-state index contributed by atoms with van der Waals surface area (Å²) in [6.07, 6.45) is 9.35. The van der Waals surface area contributed by atoms with Crippen molar-refractivity contribution >= 4 is 17.7 Å². The first-order valence-corrected chi connectivity index (χ1v) is 11.5. The van der Waals surface area contributed by atoms with Crippen LogP contribution in [-0.2, 0) is 4.79 Å². The second kappa shape index (κ2) is 11.5. The van der Waals surface area contributed by atoms with Crippen molar-refractivity contribution in [2.45, 2.75) is 57.1 Å². The average molecular weight is 424 g/mol. The molecule has 1 N–H and O–H groups in total. The molecule has 0 aliphatic carbocycles. The van der Waals surface area contributed by atoms with Crippen LogP contribution in [0.5, 0.6) is 0 Å². The van der Waals surface area contributed by atoms with E-state index >= 15 is 0 Å². The predicted molar refractivity (Wildman–Crippen MR) is 122 cm³/mol. The van der Waals surface area contributed by atoms with Crippen molar-refractivity contribution in [3.8, 4) is 17.1 Å². The van der Waals surface area contributed by atoms with Crippen molar-refractivity contribution < 1.29 is 4.79 Å². The average Bonchev–Trinajstić information content (AvgIpc) is 3.20. The molecule has 0 spiro atoms. The highest BCUT2D eigenvalue weighted by Crippen LogP contribution is 2.27. The number of carbonyl (C=O) groups excluding carboxylic acids is 1.